The van der Waals surface area contributed by atoms with Crippen LogP contribution in [0.25, 0.3) is 0 Å². The highest BCUT2D eigenvalue weighted by atomic mass is 19.1. The molecule has 0 aliphatic carbocycles. The molecular formula is C17H27FN2O. The number of nitrogens with one attached hydrogen (secondary N) is 1. The molecule has 0 spiro atoms. The SMILES string of the molecule is CCNC(C)c1ccc(OCCC2CCCN2C)c(F)c1. The molecule has 1 aromatic carbocycles. The summed E-state index contributed by atoms with van der Waals surface area (Å²) in [4.78, 5) is 2.36. The first-order chi connectivity index (χ1) is 10.1. The van der Waals surface area contributed by atoms with Gasteiger partial charge in [0, 0.05) is 12.1 Å². The summed E-state index contributed by atoms with van der Waals surface area (Å²) in [7, 11) is 2.15. The van der Waals surface area contributed by atoms with Gasteiger partial charge in [-0.05, 0) is 64.0 Å². The van der Waals surface area contributed by atoms with Gasteiger partial charge in [-0.3, -0.25) is 0 Å². The Labute approximate surface area is 127 Å². The molecule has 0 radical (unpaired) electrons. The van der Waals surface area contributed by atoms with Gasteiger partial charge in [0.25, 0.3) is 0 Å². The molecule has 21 heavy (non-hydrogen) atoms. The smallest absolute Gasteiger partial charge is 0.165 e. The van der Waals surface area contributed by atoms with Crippen molar-refractivity contribution in [2.75, 3.05) is 26.7 Å². The number of benzene rings is 1. The molecule has 1 saturated heterocycles. The van der Waals surface area contributed by atoms with Crippen LogP contribution in [0.2, 0.25) is 0 Å². The van der Waals surface area contributed by atoms with Gasteiger partial charge in [-0.1, -0.05) is 13.0 Å². The van der Waals surface area contributed by atoms with E-state index < -0.39 is 0 Å². The molecule has 2 rings (SSSR count). The fraction of sp³-hybridized carbons (Fsp3) is 0.647. The third-order valence-electron chi connectivity index (χ3n) is 4.35. The average Bonchev–Trinajstić information content (AvgIpc) is 2.86. The zero-order chi connectivity index (χ0) is 15.2. The van der Waals surface area contributed by atoms with Crippen LogP contribution < -0.4 is 10.1 Å². The van der Waals surface area contributed by atoms with Crippen molar-refractivity contribution in [2.24, 2.45) is 0 Å². The largest absolute Gasteiger partial charge is 0.490 e. The summed E-state index contributed by atoms with van der Waals surface area (Å²) >= 11 is 0. The minimum Gasteiger partial charge on any atom is -0.490 e. The van der Waals surface area contributed by atoms with E-state index in [0.29, 0.717) is 18.4 Å². The zero-order valence-corrected chi connectivity index (χ0v) is 13.4. The Morgan fingerprint density at radius 1 is 1.48 bits per heavy atom. The third-order valence-corrected chi connectivity index (χ3v) is 4.35. The molecule has 2 atom stereocenters. The van der Waals surface area contributed by atoms with E-state index in [2.05, 4.69) is 17.3 Å². The van der Waals surface area contributed by atoms with Gasteiger partial charge in [-0.15, -0.1) is 0 Å². The van der Waals surface area contributed by atoms with E-state index in [4.69, 9.17) is 4.74 Å². The van der Waals surface area contributed by atoms with Crippen molar-refractivity contribution in [2.45, 2.75) is 45.2 Å². The number of rotatable bonds is 7. The second kappa shape index (κ2) is 7.76. The van der Waals surface area contributed by atoms with Gasteiger partial charge < -0.3 is 15.0 Å². The maximum atomic E-state index is 14.1. The normalized spacial score (nSPS) is 20.7. The molecule has 1 aromatic rings. The quantitative estimate of drug-likeness (QED) is 0.834. The number of nitrogens with zero attached hydrogens (tertiary/aromatic N) is 1. The van der Waals surface area contributed by atoms with Crippen molar-refractivity contribution < 1.29 is 9.13 Å². The van der Waals surface area contributed by atoms with Crippen molar-refractivity contribution in [1.29, 1.82) is 0 Å². The molecule has 1 N–H and O–H groups in total. The van der Waals surface area contributed by atoms with Crippen LogP contribution in [0.5, 0.6) is 5.75 Å². The monoisotopic (exact) mass is 294 g/mol. The van der Waals surface area contributed by atoms with Crippen LogP contribution in [0.4, 0.5) is 4.39 Å². The summed E-state index contributed by atoms with van der Waals surface area (Å²) in [6.45, 7) is 6.69. The van der Waals surface area contributed by atoms with Crippen molar-refractivity contribution in [3.63, 3.8) is 0 Å². The molecule has 0 bridgehead atoms. The van der Waals surface area contributed by atoms with Gasteiger partial charge in [-0.25, -0.2) is 4.39 Å². The first-order valence-electron chi connectivity index (χ1n) is 7.97. The summed E-state index contributed by atoms with van der Waals surface area (Å²) in [6, 6.07) is 6.00. The van der Waals surface area contributed by atoms with Gasteiger partial charge in [-0.2, -0.15) is 0 Å². The Kier molecular flexibility index (Phi) is 6.00. The fourth-order valence-corrected chi connectivity index (χ4v) is 2.98. The molecule has 118 valence electrons. The lowest BCUT2D eigenvalue weighted by Gasteiger charge is -2.19. The van der Waals surface area contributed by atoms with Crippen LogP contribution in [-0.2, 0) is 0 Å². The lowest BCUT2D eigenvalue weighted by molar-refractivity contribution is 0.228. The zero-order valence-electron chi connectivity index (χ0n) is 13.4. The second-order valence-corrected chi connectivity index (χ2v) is 5.88. The molecule has 0 saturated carbocycles. The van der Waals surface area contributed by atoms with Gasteiger partial charge in [0.1, 0.15) is 0 Å². The Morgan fingerprint density at radius 3 is 2.90 bits per heavy atom. The molecule has 1 heterocycles. The van der Waals surface area contributed by atoms with Gasteiger partial charge in [0.05, 0.1) is 6.61 Å². The summed E-state index contributed by atoms with van der Waals surface area (Å²) in [5, 5.41) is 3.28. The maximum Gasteiger partial charge on any atom is 0.165 e. The molecule has 0 aromatic heterocycles. The van der Waals surface area contributed by atoms with E-state index in [-0.39, 0.29) is 11.9 Å². The molecule has 1 aliphatic heterocycles. The van der Waals surface area contributed by atoms with Crippen LogP contribution in [0.3, 0.4) is 0 Å². The minimum atomic E-state index is -0.267. The summed E-state index contributed by atoms with van der Waals surface area (Å²) in [5.41, 5.74) is 0.956. The molecule has 1 fully saturated rings. The molecule has 1 aliphatic rings. The standard InChI is InChI=1S/C17H27FN2O/c1-4-19-13(2)14-7-8-17(16(18)12-14)21-11-9-15-6-5-10-20(15)3/h7-8,12-13,15,19H,4-6,9-11H2,1-3H3. The predicted octanol–water partition coefficient (Wildman–Crippen LogP) is 3.36. The Morgan fingerprint density at radius 2 is 2.29 bits per heavy atom. The van der Waals surface area contributed by atoms with E-state index in [0.717, 1.165) is 25.1 Å². The number of halogens is 1. The van der Waals surface area contributed by atoms with E-state index in [1.54, 1.807) is 12.1 Å². The lowest BCUT2D eigenvalue weighted by atomic mass is 10.1. The van der Waals surface area contributed by atoms with Crippen LogP contribution in [0.1, 0.15) is 44.7 Å². The van der Waals surface area contributed by atoms with Crippen LogP contribution in [-0.4, -0.2) is 37.7 Å². The molecule has 4 heteroatoms. The van der Waals surface area contributed by atoms with Crippen molar-refractivity contribution in [3.05, 3.63) is 29.6 Å². The van der Waals surface area contributed by atoms with Crippen molar-refractivity contribution in [3.8, 4) is 5.75 Å². The first-order valence-corrected chi connectivity index (χ1v) is 7.97. The highest BCUT2D eigenvalue weighted by molar-refractivity contribution is 5.30. The molecule has 3 nitrogen and oxygen atoms in total. The topological polar surface area (TPSA) is 24.5 Å². The molecular weight excluding hydrogens is 267 g/mol. The van der Waals surface area contributed by atoms with Crippen LogP contribution in [0.15, 0.2) is 18.2 Å². The summed E-state index contributed by atoms with van der Waals surface area (Å²) in [5.74, 6) is 0.0973. The number of hydrogen-bond acceptors (Lipinski definition) is 3. The highest BCUT2D eigenvalue weighted by Gasteiger charge is 2.20. The number of hydrogen-bond donors (Lipinski definition) is 1. The van der Waals surface area contributed by atoms with Gasteiger partial charge in [0.2, 0.25) is 0 Å². The number of likely N-dealkylation sites (tertiary alicyclic amines) is 1. The van der Waals surface area contributed by atoms with Crippen LogP contribution >= 0.6 is 0 Å². The van der Waals surface area contributed by atoms with E-state index in [1.165, 1.54) is 12.8 Å². The highest BCUT2D eigenvalue weighted by Crippen LogP contribution is 2.23. The van der Waals surface area contributed by atoms with Crippen molar-refractivity contribution in [1.82, 2.24) is 10.2 Å². The van der Waals surface area contributed by atoms with Gasteiger partial charge in [0.15, 0.2) is 11.6 Å². The molecule has 2 unspecified atom stereocenters. The summed E-state index contributed by atoms with van der Waals surface area (Å²) < 4.78 is 19.7. The van der Waals surface area contributed by atoms with Crippen molar-refractivity contribution >= 4 is 0 Å². The Bertz CT molecular complexity index is 452. The maximum absolute atomic E-state index is 14.1. The Hall–Kier alpha value is -1.13. The Balaban J connectivity index is 1.86. The average molecular weight is 294 g/mol. The fourth-order valence-electron chi connectivity index (χ4n) is 2.98. The van der Waals surface area contributed by atoms with E-state index >= 15 is 0 Å². The van der Waals surface area contributed by atoms with Gasteiger partial charge >= 0.3 is 0 Å². The first kappa shape index (κ1) is 16.2. The van der Waals surface area contributed by atoms with Crippen LogP contribution in [0, 0.1) is 5.82 Å². The molecule has 0 amide bonds. The second-order valence-electron chi connectivity index (χ2n) is 5.88. The third kappa shape index (κ3) is 4.42. The lowest BCUT2D eigenvalue weighted by Crippen LogP contribution is -2.26. The van der Waals surface area contributed by atoms with E-state index in [9.17, 15) is 4.39 Å². The predicted molar refractivity (Wildman–Crippen MR) is 84.3 cm³/mol. The minimum absolute atomic E-state index is 0.158. The van der Waals surface area contributed by atoms with E-state index in [1.807, 2.05) is 19.9 Å². The summed E-state index contributed by atoms with van der Waals surface area (Å²) in [6.07, 6.45) is 3.44. The number of ether oxygens (including phenoxy) is 1.